The van der Waals surface area contributed by atoms with Gasteiger partial charge in [-0.05, 0) is 37.8 Å². The van der Waals surface area contributed by atoms with Crippen LogP contribution in [0.15, 0.2) is 24.3 Å². The SMILES string of the molecule is Cc1ccc(N2CC(C(=O)NC3CCCCC3C)CC2=O)cc1. The number of carbonyl (C=O) groups excluding carboxylic acids is 2. The highest BCUT2D eigenvalue weighted by molar-refractivity contribution is 6.00. The molecule has 1 N–H and O–H groups in total. The van der Waals surface area contributed by atoms with Gasteiger partial charge in [-0.25, -0.2) is 0 Å². The highest BCUT2D eigenvalue weighted by Crippen LogP contribution is 2.27. The van der Waals surface area contributed by atoms with E-state index in [1.54, 1.807) is 4.90 Å². The van der Waals surface area contributed by atoms with E-state index >= 15 is 0 Å². The van der Waals surface area contributed by atoms with Gasteiger partial charge in [-0.1, -0.05) is 37.5 Å². The van der Waals surface area contributed by atoms with Crippen molar-refractivity contribution in [3.8, 4) is 0 Å². The summed E-state index contributed by atoms with van der Waals surface area (Å²) < 4.78 is 0. The molecule has 124 valence electrons. The molecule has 0 bridgehead atoms. The number of aryl methyl sites for hydroxylation is 1. The predicted molar refractivity (Wildman–Crippen MR) is 91.2 cm³/mol. The summed E-state index contributed by atoms with van der Waals surface area (Å²) in [5.41, 5.74) is 2.06. The Bertz CT molecular complexity index is 582. The summed E-state index contributed by atoms with van der Waals surface area (Å²) in [5, 5.41) is 3.19. The van der Waals surface area contributed by atoms with Gasteiger partial charge < -0.3 is 10.2 Å². The number of amides is 2. The fourth-order valence-electron chi connectivity index (χ4n) is 3.69. The smallest absolute Gasteiger partial charge is 0.227 e. The zero-order valence-electron chi connectivity index (χ0n) is 14.0. The molecule has 1 heterocycles. The summed E-state index contributed by atoms with van der Waals surface area (Å²) in [7, 11) is 0. The van der Waals surface area contributed by atoms with Crippen molar-refractivity contribution >= 4 is 17.5 Å². The van der Waals surface area contributed by atoms with Crippen molar-refractivity contribution in [1.82, 2.24) is 5.32 Å². The molecule has 1 aliphatic heterocycles. The number of carbonyl (C=O) groups is 2. The minimum absolute atomic E-state index is 0.0469. The van der Waals surface area contributed by atoms with Crippen LogP contribution in [0.2, 0.25) is 0 Å². The van der Waals surface area contributed by atoms with Gasteiger partial charge in [-0.15, -0.1) is 0 Å². The zero-order chi connectivity index (χ0) is 16.4. The second-order valence-corrected chi connectivity index (χ2v) is 7.12. The Morgan fingerprint density at radius 2 is 1.87 bits per heavy atom. The molecule has 1 aliphatic carbocycles. The van der Waals surface area contributed by atoms with Gasteiger partial charge in [0.1, 0.15) is 0 Å². The van der Waals surface area contributed by atoms with E-state index in [1.165, 1.54) is 24.8 Å². The molecule has 0 radical (unpaired) electrons. The summed E-state index contributed by atoms with van der Waals surface area (Å²) >= 11 is 0. The Morgan fingerprint density at radius 1 is 1.17 bits per heavy atom. The molecule has 1 aromatic rings. The van der Waals surface area contributed by atoms with E-state index < -0.39 is 0 Å². The Kier molecular flexibility index (Phi) is 4.69. The van der Waals surface area contributed by atoms with Crippen LogP contribution in [0.1, 0.15) is 44.6 Å². The number of nitrogens with one attached hydrogen (secondary N) is 1. The van der Waals surface area contributed by atoms with E-state index in [0.717, 1.165) is 12.1 Å². The van der Waals surface area contributed by atoms with Crippen molar-refractivity contribution in [2.24, 2.45) is 11.8 Å². The maximum Gasteiger partial charge on any atom is 0.227 e. The summed E-state index contributed by atoms with van der Waals surface area (Å²) in [6, 6.07) is 8.19. The molecule has 3 rings (SSSR count). The van der Waals surface area contributed by atoms with Crippen LogP contribution < -0.4 is 10.2 Å². The molecule has 3 unspecified atom stereocenters. The lowest BCUT2D eigenvalue weighted by Gasteiger charge is -2.30. The molecule has 1 aromatic carbocycles. The Balaban J connectivity index is 1.62. The first-order valence-corrected chi connectivity index (χ1v) is 8.72. The van der Waals surface area contributed by atoms with Gasteiger partial charge in [0, 0.05) is 24.7 Å². The number of hydrogen-bond donors (Lipinski definition) is 1. The molecule has 23 heavy (non-hydrogen) atoms. The van der Waals surface area contributed by atoms with E-state index in [9.17, 15) is 9.59 Å². The number of benzene rings is 1. The first-order chi connectivity index (χ1) is 11.0. The molecule has 1 saturated heterocycles. The van der Waals surface area contributed by atoms with E-state index in [1.807, 2.05) is 31.2 Å². The topological polar surface area (TPSA) is 49.4 Å². The first kappa shape index (κ1) is 16.0. The van der Waals surface area contributed by atoms with Crippen LogP contribution in [-0.2, 0) is 9.59 Å². The van der Waals surface area contributed by atoms with Crippen molar-refractivity contribution in [2.75, 3.05) is 11.4 Å². The molecule has 2 amide bonds. The highest BCUT2D eigenvalue weighted by atomic mass is 16.2. The van der Waals surface area contributed by atoms with Crippen LogP contribution in [0.5, 0.6) is 0 Å². The fraction of sp³-hybridized carbons (Fsp3) is 0.579. The molecule has 4 nitrogen and oxygen atoms in total. The Labute approximate surface area is 138 Å². The highest BCUT2D eigenvalue weighted by Gasteiger charge is 2.36. The molecule has 0 spiro atoms. The van der Waals surface area contributed by atoms with Gasteiger partial charge in [0.05, 0.1) is 5.92 Å². The third-order valence-corrected chi connectivity index (χ3v) is 5.28. The maximum absolute atomic E-state index is 12.5. The monoisotopic (exact) mass is 314 g/mol. The van der Waals surface area contributed by atoms with E-state index in [4.69, 9.17) is 0 Å². The number of anilines is 1. The summed E-state index contributed by atoms with van der Waals surface area (Å²) in [6.07, 6.45) is 5.02. The lowest BCUT2D eigenvalue weighted by Crippen LogP contribution is -2.44. The summed E-state index contributed by atoms with van der Waals surface area (Å²) in [4.78, 5) is 26.6. The molecular weight excluding hydrogens is 288 g/mol. The van der Waals surface area contributed by atoms with Crippen LogP contribution in [0.25, 0.3) is 0 Å². The van der Waals surface area contributed by atoms with Crippen LogP contribution in [0, 0.1) is 18.8 Å². The van der Waals surface area contributed by atoms with Crippen LogP contribution >= 0.6 is 0 Å². The average Bonchev–Trinajstić information content (AvgIpc) is 2.92. The summed E-state index contributed by atoms with van der Waals surface area (Å²) in [5.74, 6) is 0.411. The molecule has 0 aromatic heterocycles. The molecule has 4 heteroatoms. The zero-order valence-corrected chi connectivity index (χ0v) is 14.0. The number of hydrogen-bond acceptors (Lipinski definition) is 2. The second kappa shape index (κ2) is 6.73. The maximum atomic E-state index is 12.5. The van der Waals surface area contributed by atoms with E-state index in [2.05, 4.69) is 12.2 Å². The molecule has 2 aliphatic rings. The van der Waals surface area contributed by atoms with Crippen LogP contribution in [0.3, 0.4) is 0 Å². The third-order valence-electron chi connectivity index (χ3n) is 5.28. The molecule has 3 atom stereocenters. The van der Waals surface area contributed by atoms with Gasteiger partial charge in [-0.3, -0.25) is 9.59 Å². The van der Waals surface area contributed by atoms with Crippen molar-refractivity contribution in [1.29, 1.82) is 0 Å². The molecule has 1 saturated carbocycles. The van der Waals surface area contributed by atoms with Crippen molar-refractivity contribution < 1.29 is 9.59 Å². The van der Waals surface area contributed by atoms with E-state index in [-0.39, 0.29) is 23.8 Å². The molecular formula is C19H26N2O2. The normalized spacial score (nSPS) is 28.0. The van der Waals surface area contributed by atoms with Gasteiger partial charge in [0.2, 0.25) is 11.8 Å². The lowest BCUT2D eigenvalue weighted by molar-refractivity contribution is -0.127. The van der Waals surface area contributed by atoms with Gasteiger partial charge in [-0.2, -0.15) is 0 Å². The molecule has 2 fully saturated rings. The predicted octanol–water partition coefficient (Wildman–Crippen LogP) is 3.04. The summed E-state index contributed by atoms with van der Waals surface area (Å²) in [6.45, 7) is 4.73. The van der Waals surface area contributed by atoms with Crippen molar-refractivity contribution in [3.05, 3.63) is 29.8 Å². The minimum Gasteiger partial charge on any atom is -0.353 e. The van der Waals surface area contributed by atoms with Crippen molar-refractivity contribution in [2.45, 2.75) is 52.0 Å². The number of rotatable bonds is 3. The second-order valence-electron chi connectivity index (χ2n) is 7.12. The number of nitrogens with zero attached hydrogens (tertiary/aromatic N) is 1. The van der Waals surface area contributed by atoms with E-state index in [0.29, 0.717) is 18.9 Å². The largest absolute Gasteiger partial charge is 0.353 e. The van der Waals surface area contributed by atoms with Crippen LogP contribution in [0.4, 0.5) is 5.69 Å². The third kappa shape index (κ3) is 3.57. The van der Waals surface area contributed by atoms with Gasteiger partial charge >= 0.3 is 0 Å². The lowest BCUT2D eigenvalue weighted by atomic mass is 9.85. The minimum atomic E-state index is -0.224. The standard InChI is InChI=1S/C19H26N2O2/c1-13-7-9-16(10-8-13)21-12-15(11-18(21)22)19(23)20-17-6-4-3-5-14(17)2/h7-10,14-15,17H,3-6,11-12H2,1-2H3,(H,20,23). The Morgan fingerprint density at radius 3 is 2.57 bits per heavy atom. The fourth-order valence-corrected chi connectivity index (χ4v) is 3.69. The first-order valence-electron chi connectivity index (χ1n) is 8.72. The van der Waals surface area contributed by atoms with Crippen LogP contribution in [-0.4, -0.2) is 24.4 Å². The van der Waals surface area contributed by atoms with Gasteiger partial charge in [0.25, 0.3) is 0 Å². The quantitative estimate of drug-likeness (QED) is 0.932. The Hall–Kier alpha value is -1.84. The van der Waals surface area contributed by atoms with Gasteiger partial charge in [0.15, 0.2) is 0 Å². The van der Waals surface area contributed by atoms with Crippen molar-refractivity contribution in [3.63, 3.8) is 0 Å². The average molecular weight is 314 g/mol.